The number of benzene rings is 1. The summed E-state index contributed by atoms with van der Waals surface area (Å²) >= 11 is 0. The molecule has 4 atom stereocenters. The van der Waals surface area contributed by atoms with E-state index in [0.29, 0.717) is 11.5 Å². The number of fused-ring (bicyclic) bond motifs is 1. The fraction of sp³-hybridized carbons (Fsp3) is 0.375. The van der Waals surface area contributed by atoms with Crippen LogP contribution < -0.4 is 5.32 Å². The molecule has 0 radical (unpaired) electrons. The van der Waals surface area contributed by atoms with Gasteiger partial charge in [0, 0.05) is 6.42 Å². The van der Waals surface area contributed by atoms with E-state index in [4.69, 9.17) is 4.74 Å². The van der Waals surface area contributed by atoms with Gasteiger partial charge in [0.1, 0.15) is 12.3 Å². The third-order valence-corrected chi connectivity index (χ3v) is 4.24. The predicted molar refractivity (Wildman–Crippen MR) is 89.6 cm³/mol. The van der Waals surface area contributed by atoms with Gasteiger partial charge >= 0.3 is 0 Å². The van der Waals surface area contributed by atoms with Crippen molar-refractivity contribution in [1.29, 1.82) is 0 Å². The lowest BCUT2D eigenvalue weighted by Gasteiger charge is -2.26. The highest BCUT2D eigenvalue weighted by Crippen LogP contribution is 2.26. The number of nitrogens with one attached hydrogen (secondary N) is 1. The van der Waals surface area contributed by atoms with Crippen LogP contribution in [0.15, 0.2) is 45.3 Å². The summed E-state index contributed by atoms with van der Waals surface area (Å²) in [5, 5.41) is 21.8. The molecular weight excluding hydrogens is 326 g/mol. The van der Waals surface area contributed by atoms with Crippen LogP contribution in [0, 0.1) is 0 Å². The van der Waals surface area contributed by atoms with Crippen molar-refractivity contribution < 1.29 is 19.7 Å². The van der Waals surface area contributed by atoms with Gasteiger partial charge in [0.15, 0.2) is 11.9 Å². The Balaban J connectivity index is 1.61. The molecule has 0 bridgehead atoms. The minimum Gasteiger partial charge on any atom is -0.394 e. The molecular formula is C16H17N5O4. The summed E-state index contributed by atoms with van der Waals surface area (Å²) in [6.45, 7) is -0.278. The van der Waals surface area contributed by atoms with E-state index in [0.717, 1.165) is 0 Å². The normalized spacial score (nSPS) is 32.7. The van der Waals surface area contributed by atoms with Crippen LogP contribution in [0.1, 0.15) is 6.42 Å². The average molecular weight is 343 g/mol. The number of carbonyl (C=O) groups is 1. The summed E-state index contributed by atoms with van der Waals surface area (Å²) in [5.41, 5.74) is 0.666. The number of guanidine groups is 1. The third-order valence-electron chi connectivity index (χ3n) is 4.24. The fourth-order valence-corrected chi connectivity index (χ4v) is 2.97. The second-order valence-corrected chi connectivity index (χ2v) is 5.92. The van der Waals surface area contributed by atoms with Gasteiger partial charge in [-0.05, 0) is 12.1 Å². The number of hydrogen-bond donors (Lipinski definition) is 3. The molecule has 1 amide bonds. The Morgan fingerprint density at radius 2 is 2.16 bits per heavy atom. The van der Waals surface area contributed by atoms with E-state index in [9.17, 15) is 15.0 Å². The van der Waals surface area contributed by atoms with Crippen LogP contribution in [0.5, 0.6) is 0 Å². The summed E-state index contributed by atoms with van der Waals surface area (Å²) in [7, 11) is 0. The molecule has 1 unspecified atom stereocenters. The van der Waals surface area contributed by atoms with E-state index in [1.807, 2.05) is 18.2 Å². The van der Waals surface area contributed by atoms with Crippen LogP contribution in [-0.2, 0) is 9.53 Å². The van der Waals surface area contributed by atoms with E-state index in [2.05, 4.69) is 20.3 Å². The number of hydrogen-bond acceptors (Lipinski definition) is 7. The Hall–Kier alpha value is -2.62. The number of aliphatic hydroxyl groups is 2. The van der Waals surface area contributed by atoms with Crippen molar-refractivity contribution >= 4 is 29.7 Å². The van der Waals surface area contributed by atoms with Crippen LogP contribution in [-0.4, -0.2) is 70.2 Å². The van der Waals surface area contributed by atoms with E-state index in [1.165, 1.54) is 6.34 Å². The summed E-state index contributed by atoms with van der Waals surface area (Å²) in [6.07, 6.45) is -0.212. The van der Waals surface area contributed by atoms with Gasteiger partial charge in [-0.25, -0.2) is 4.99 Å². The maximum atomic E-state index is 12.3. The van der Waals surface area contributed by atoms with Gasteiger partial charge in [-0.2, -0.15) is 4.99 Å². The molecule has 130 valence electrons. The minimum atomic E-state index is -0.780. The molecule has 0 spiro atoms. The van der Waals surface area contributed by atoms with Gasteiger partial charge in [-0.3, -0.25) is 20.0 Å². The van der Waals surface area contributed by atoms with Gasteiger partial charge in [0.05, 0.1) is 24.7 Å². The van der Waals surface area contributed by atoms with Gasteiger partial charge in [-0.15, -0.1) is 0 Å². The Kier molecular flexibility index (Phi) is 4.04. The molecule has 25 heavy (non-hydrogen) atoms. The van der Waals surface area contributed by atoms with Crippen LogP contribution in [0.2, 0.25) is 0 Å². The second-order valence-electron chi connectivity index (χ2n) is 5.92. The lowest BCUT2D eigenvalue weighted by Crippen LogP contribution is -2.51. The molecule has 0 saturated carbocycles. The predicted octanol–water partition coefficient (Wildman–Crippen LogP) is -0.617. The molecule has 0 aromatic heterocycles. The van der Waals surface area contributed by atoms with Gasteiger partial charge in [0.25, 0.3) is 5.91 Å². The Morgan fingerprint density at radius 1 is 1.36 bits per heavy atom. The summed E-state index contributed by atoms with van der Waals surface area (Å²) in [6, 6.07) is 8.40. The highest BCUT2D eigenvalue weighted by Gasteiger charge is 2.44. The molecule has 3 aliphatic heterocycles. The van der Waals surface area contributed by atoms with Crippen LogP contribution in [0.3, 0.4) is 0 Å². The van der Waals surface area contributed by atoms with Crippen LogP contribution >= 0.6 is 0 Å². The number of aliphatic imine (C=N–C) groups is 3. The Bertz CT molecular complexity index is 763. The van der Waals surface area contributed by atoms with Gasteiger partial charge in [-0.1, -0.05) is 18.2 Å². The van der Waals surface area contributed by atoms with Gasteiger partial charge < -0.3 is 14.9 Å². The third kappa shape index (κ3) is 2.93. The van der Waals surface area contributed by atoms with E-state index < -0.39 is 24.5 Å². The lowest BCUT2D eigenvalue weighted by atomic mass is 10.1. The van der Waals surface area contributed by atoms with Gasteiger partial charge in [0.2, 0.25) is 5.96 Å². The zero-order chi connectivity index (χ0) is 17.4. The largest absolute Gasteiger partial charge is 0.394 e. The number of rotatable bonds is 3. The van der Waals surface area contributed by atoms with E-state index >= 15 is 0 Å². The maximum absolute atomic E-state index is 12.3. The first-order valence-electron chi connectivity index (χ1n) is 7.95. The van der Waals surface area contributed by atoms with Crippen molar-refractivity contribution in [3.8, 4) is 0 Å². The van der Waals surface area contributed by atoms with E-state index in [1.54, 1.807) is 17.0 Å². The first kappa shape index (κ1) is 15.9. The molecule has 4 rings (SSSR count). The molecule has 3 N–H and O–H groups in total. The molecule has 1 fully saturated rings. The molecule has 9 heteroatoms. The first-order valence-corrected chi connectivity index (χ1v) is 7.95. The smallest absolute Gasteiger partial charge is 0.259 e. The summed E-state index contributed by atoms with van der Waals surface area (Å²) < 4.78 is 5.63. The van der Waals surface area contributed by atoms with Crippen LogP contribution in [0.4, 0.5) is 5.69 Å². The zero-order valence-electron chi connectivity index (χ0n) is 13.2. The quantitative estimate of drug-likeness (QED) is 0.676. The topological polar surface area (TPSA) is 119 Å². The van der Waals surface area contributed by atoms with Crippen molar-refractivity contribution in [1.82, 2.24) is 10.2 Å². The van der Waals surface area contributed by atoms with Crippen molar-refractivity contribution in [2.24, 2.45) is 15.0 Å². The fourth-order valence-electron chi connectivity index (χ4n) is 2.97. The highest BCUT2D eigenvalue weighted by atomic mass is 16.5. The lowest BCUT2D eigenvalue weighted by molar-refractivity contribution is -0.119. The molecule has 0 aliphatic carbocycles. The van der Waals surface area contributed by atoms with Crippen molar-refractivity contribution in [3.63, 3.8) is 0 Å². The molecule has 1 saturated heterocycles. The maximum Gasteiger partial charge on any atom is 0.259 e. The highest BCUT2D eigenvalue weighted by molar-refractivity contribution is 6.24. The number of amides is 1. The number of ether oxygens (including phenoxy) is 1. The second kappa shape index (κ2) is 6.36. The van der Waals surface area contributed by atoms with E-state index in [-0.39, 0.29) is 24.9 Å². The first-order chi connectivity index (χ1) is 12.2. The summed E-state index contributed by atoms with van der Waals surface area (Å²) in [4.78, 5) is 26.8. The number of amidine groups is 1. The Morgan fingerprint density at radius 3 is 2.88 bits per heavy atom. The van der Waals surface area contributed by atoms with Crippen molar-refractivity contribution in [2.45, 2.75) is 30.9 Å². The van der Waals surface area contributed by atoms with Crippen molar-refractivity contribution in [2.75, 3.05) is 6.61 Å². The number of carbonyl (C=O) groups excluding carboxylic acids is 1. The Labute approximate surface area is 143 Å². The SMILES string of the molecule is O=C1NC(=Nc2ccccc2)N=C2C1N=CN2[C@H]1C[C@H](O)[C@@H](CO)O1. The molecule has 3 aliphatic rings. The standard InChI is InChI=1S/C16H17N5O4/c22-7-11-10(23)6-12(25-11)21-8-17-13-14(21)19-16(20-15(13)24)18-9-4-2-1-3-5-9/h1-5,8,10-13,22-23H,6-7H2,(H,18,20,24)/t10-,11+,12+,13?/m0/s1. The van der Waals surface area contributed by atoms with Crippen molar-refractivity contribution in [3.05, 3.63) is 30.3 Å². The number of para-hydroxylation sites is 1. The van der Waals surface area contributed by atoms with Crippen LogP contribution in [0.25, 0.3) is 0 Å². The molecule has 1 aromatic rings. The molecule has 9 nitrogen and oxygen atoms in total. The average Bonchev–Trinajstić information content (AvgIpc) is 3.19. The monoisotopic (exact) mass is 343 g/mol. The minimum absolute atomic E-state index is 0.176. The number of nitrogens with zero attached hydrogens (tertiary/aromatic N) is 4. The zero-order valence-corrected chi connectivity index (χ0v) is 13.2. The summed E-state index contributed by atoms with van der Waals surface area (Å²) in [5.74, 6) is 0.250. The molecule has 1 aromatic carbocycles. The molecule has 3 heterocycles. The number of aliphatic hydroxyl groups excluding tert-OH is 2.